The zero-order valence-corrected chi connectivity index (χ0v) is 11.8. The normalized spacial score (nSPS) is 11.6. The van der Waals surface area contributed by atoms with Gasteiger partial charge in [0.1, 0.15) is 0 Å². The van der Waals surface area contributed by atoms with Crippen LogP contribution in [0.5, 0.6) is 5.75 Å². The average Bonchev–Trinajstić information content (AvgIpc) is 2.27. The molecule has 0 aliphatic rings. The summed E-state index contributed by atoms with van der Waals surface area (Å²) < 4.78 is 19.4. The molecule has 0 aliphatic carbocycles. The van der Waals surface area contributed by atoms with Crippen LogP contribution >= 0.6 is 0 Å². The van der Waals surface area contributed by atoms with Gasteiger partial charge in [0.25, 0.3) is 0 Å². The summed E-state index contributed by atoms with van der Waals surface area (Å²) in [5.41, 5.74) is 1.08. The van der Waals surface area contributed by atoms with Crippen LogP contribution in [0, 0.1) is 11.2 Å². The van der Waals surface area contributed by atoms with E-state index >= 15 is 0 Å². The van der Waals surface area contributed by atoms with Crippen molar-refractivity contribution in [2.45, 2.75) is 40.7 Å². The zero-order chi connectivity index (χ0) is 13.6. The van der Waals surface area contributed by atoms with Crippen LogP contribution in [0.1, 0.15) is 39.7 Å². The lowest BCUT2D eigenvalue weighted by Gasteiger charge is -2.19. The lowest BCUT2D eigenvalue weighted by molar-refractivity contribution is 0.233. The van der Waals surface area contributed by atoms with Gasteiger partial charge in [-0.1, -0.05) is 39.8 Å². The number of hydrogen-bond acceptors (Lipinski definition) is 2. The third-order valence-electron chi connectivity index (χ3n) is 2.71. The van der Waals surface area contributed by atoms with Gasteiger partial charge in [-0.25, -0.2) is 4.39 Å². The van der Waals surface area contributed by atoms with E-state index in [4.69, 9.17) is 4.74 Å². The van der Waals surface area contributed by atoms with Gasteiger partial charge in [-0.2, -0.15) is 0 Å². The van der Waals surface area contributed by atoms with Gasteiger partial charge >= 0.3 is 0 Å². The van der Waals surface area contributed by atoms with E-state index in [-0.39, 0.29) is 11.2 Å². The van der Waals surface area contributed by atoms with Crippen molar-refractivity contribution in [3.05, 3.63) is 29.6 Å². The molecule has 1 aromatic rings. The van der Waals surface area contributed by atoms with Crippen LogP contribution in [0.2, 0.25) is 0 Å². The summed E-state index contributed by atoms with van der Waals surface area (Å²) in [5, 5.41) is 3.19. The number of nitrogens with one attached hydrogen (secondary N) is 1. The van der Waals surface area contributed by atoms with Crippen molar-refractivity contribution >= 4 is 0 Å². The summed E-state index contributed by atoms with van der Waals surface area (Å²) in [6, 6.07) is 5.07. The second-order valence-corrected chi connectivity index (χ2v) is 5.67. The van der Waals surface area contributed by atoms with Crippen molar-refractivity contribution in [3.8, 4) is 5.75 Å². The highest BCUT2D eigenvalue weighted by Gasteiger charge is 2.13. The lowest BCUT2D eigenvalue weighted by Crippen LogP contribution is -2.15. The molecule has 0 spiro atoms. The molecule has 1 aromatic carbocycles. The topological polar surface area (TPSA) is 21.3 Å². The fourth-order valence-corrected chi connectivity index (χ4v) is 1.57. The molecule has 3 heteroatoms. The molecule has 0 fully saturated rings. The van der Waals surface area contributed by atoms with E-state index in [2.05, 4.69) is 26.1 Å². The Hall–Kier alpha value is -1.09. The average molecular weight is 253 g/mol. The first-order valence-corrected chi connectivity index (χ1v) is 6.55. The van der Waals surface area contributed by atoms with Gasteiger partial charge in [-0.05, 0) is 24.4 Å². The first kappa shape index (κ1) is 15.0. The van der Waals surface area contributed by atoms with Crippen LogP contribution in [0.4, 0.5) is 4.39 Å². The third kappa shape index (κ3) is 5.05. The SMILES string of the molecule is CCNCc1cccc(F)c1OCCC(C)(C)C. The molecule has 0 heterocycles. The highest BCUT2D eigenvalue weighted by Crippen LogP contribution is 2.25. The fourth-order valence-electron chi connectivity index (χ4n) is 1.57. The quantitative estimate of drug-likeness (QED) is 0.833. The van der Waals surface area contributed by atoms with E-state index in [1.54, 1.807) is 6.07 Å². The first-order valence-electron chi connectivity index (χ1n) is 6.55. The second kappa shape index (κ2) is 6.74. The predicted octanol–water partition coefficient (Wildman–Crippen LogP) is 3.75. The van der Waals surface area contributed by atoms with Gasteiger partial charge in [0.15, 0.2) is 11.6 Å². The van der Waals surface area contributed by atoms with Gasteiger partial charge < -0.3 is 10.1 Å². The molecule has 0 radical (unpaired) electrons. The van der Waals surface area contributed by atoms with Crippen LogP contribution in [-0.2, 0) is 6.54 Å². The maximum Gasteiger partial charge on any atom is 0.165 e. The first-order chi connectivity index (χ1) is 8.44. The van der Waals surface area contributed by atoms with Crippen molar-refractivity contribution in [2.75, 3.05) is 13.2 Å². The number of para-hydroxylation sites is 1. The van der Waals surface area contributed by atoms with E-state index < -0.39 is 0 Å². The van der Waals surface area contributed by atoms with Crippen LogP contribution in [0.25, 0.3) is 0 Å². The molecule has 2 nitrogen and oxygen atoms in total. The van der Waals surface area contributed by atoms with Crippen molar-refractivity contribution in [3.63, 3.8) is 0 Å². The monoisotopic (exact) mass is 253 g/mol. The largest absolute Gasteiger partial charge is 0.490 e. The standard InChI is InChI=1S/C15H24FNO/c1-5-17-11-12-7-6-8-13(16)14(12)18-10-9-15(2,3)4/h6-8,17H,5,9-11H2,1-4H3. The Bertz CT molecular complexity index is 371. The Kier molecular flexibility index (Phi) is 5.60. The van der Waals surface area contributed by atoms with Gasteiger partial charge in [0, 0.05) is 12.1 Å². The predicted molar refractivity (Wildman–Crippen MR) is 73.3 cm³/mol. The number of rotatable bonds is 6. The minimum Gasteiger partial charge on any atom is -0.490 e. The molecule has 102 valence electrons. The van der Waals surface area contributed by atoms with E-state index in [0.717, 1.165) is 18.5 Å². The molecule has 0 amide bonds. The Labute approximate surface area is 110 Å². The van der Waals surface area contributed by atoms with E-state index in [0.29, 0.717) is 18.9 Å². The molecule has 1 N–H and O–H groups in total. The molecular weight excluding hydrogens is 229 g/mol. The van der Waals surface area contributed by atoms with E-state index in [1.807, 2.05) is 13.0 Å². The maximum atomic E-state index is 13.7. The van der Waals surface area contributed by atoms with Gasteiger partial charge in [-0.3, -0.25) is 0 Å². The Morgan fingerprint density at radius 2 is 2.00 bits per heavy atom. The minimum atomic E-state index is -0.278. The van der Waals surface area contributed by atoms with Crippen molar-refractivity contribution in [1.29, 1.82) is 0 Å². The van der Waals surface area contributed by atoms with Gasteiger partial charge in [0.05, 0.1) is 6.61 Å². The molecule has 0 aromatic heterocycles. The van der Waals surface area contributed by atoms with Crippen LogP contribution in [-0.4, -0.2) is 13.2 Å². The summed E-state index contributed by atoms with van der Waals surface area (Å²) in [4.78, 5) is 0. The summed E-state index contributed by atoms with van der Waals surface area (Å²) >= 11 is 0. The molecule has 1 rings (SSSR count). The molecule has 0 atom stereocenters. The molecule has 18 heavy (non-hydrogen) atoms. The van der Waals surface area contributed by atoms with Gasteiger partial charge in [0.2, 0.25) is 0 Å². The molecule has 0 bridgehead atoms. The molecule has 0 saturated heterocycles. The number of hydrogen-bond donors (Lipinski definition) is 1. The van der Waals surface area contributed by atoms with E-state index in [9.17, 15) is 4.39 Å². The number of halogens is 1. The van der Waals surface area contributed by atoms with E-state index in [1.165, 1.54) is 6.07 Å². The number of benzene rings is 1. The smallest absolute Gasteiger partial charge is 0.165 e. The number of ether oxygens (including phenoxy) is 1. The van der Waals surface area contributed by atoms with Crippen molar-refractivity contribution in [2.24, 2.45) is 5.41 Å². The van der Waals surface area contributed by atoms with Crippen LogP contribution in [0.15, 0.2) is 18.2 Å². The lowest BCUT2D eigenvalue weighted by atomic mass is 9.93. The minimum absolute atomic E-state index is 0.201. The highest BCUT2D eigenvalue weighted by atomic mass is 19.1. The molecule has 0 aliphatic heterocycles. The molecular formula is C15H24FNO. The highest BCUT2D eigenvalue weighted by molar-refractivity contribution is 5.34. The van der Waals surface area contributed by atoms with Crippen molar-refractivity contribution in [1.82, 2.24) is 5.32 Å². The Balaban J connectivity index is 2.67. The Morgan fingerprint density at radius 1 is 1.28 bits per heavy atom. The van der Waals surface area contributed by atoms with Crippen LogP contribution in [0.3, 0.4) is 0 Å². The summed E-state index contributed by atoms with van der Waals surface area (Å²) in [6.07, 6.45) is 0.905. The third-order valence-corrected chi connectivity index (χ3v) is 2.71. The maximum absolute atomic E-state index is 13.7. The Morgan fingerprint density at radius 3 is 2.61 bits per heavy atom. The molecule has 0 saturated carbocycles. The fraction of sp³-hybridized carbons (Fsp3) is 0.600. The summed E-state index contributed by atoms with van der Waals surface area (Å²) in [7, 11) is 0. The second-order valence-electron chi connectivity index (χ2n) is 5.67. The summed E-state index contributed by atoms with van der Waals surface area (Å²) in [6.45, 7) is 10.5. The zero-order valence-electron chi connectivity index (χ0n) is 11.8. The molecule has 0 unspecified atom stereocenters. The summed E-state index contributed by atoms with van der Waals surface area (Å²) in [5.74, 6) is 0.113. The van der Waals surface area contributed by atoms with Crippen LogP contribution < -0.4 is 10.1 Å². The van der Waals surface area contributed by atoms with Gasteiger partial charge in [-0.15, -0.1) is 0 Å². The van der Waals surface area contributed by atoms with Crippen molar-refractivity contribution < 1.29 is 9.13 Å².